The molecule has 2 aliphatic heterocycles. The molecule has 4 rings (SSSR count). The number of hydrogen-bond donors (Lipinski definition) is 2. The van der Waals surface area contributed by atoms with Gasteiger partial charge >= 0.3 is 0 Å². The third-order valence-corrected chi connectivity index (χ3v) is 7.37. The highest BCUT2D eigenvalue weighted by atomic mass is 16.5. The fourth-order valence-corrected chi connectivity index (χ4v) is 5.24. The first-order valence-corrected chi connectivity index (χ1v) is 12.4. The monoisotopic (exact) mass is 468 g/mol. The number of ether oxygens (including phenoxy) is 2. The van der Waals surface area contributed by atoms with Gasteiger partial charge in [-0.3, -0.25) is 4.90 Å². The molecule has 0 aromatic heterocycles. The Morgan fingerprint density at radius 3 is 2.41 bits per heavy atom. The maximum absolute atomic E-state index is 11.4. The summed E-state index contributed by atoms with van der Waals surface area (Å²) < 4.78 is 11.9. The van der Waals surface area contributed by atoms with E-state index in [0.29, 0.717) is 39.1 Å². The molecule has 2 fully saturated rings. The molecule has 1 atom stereocenters. The fourth-order valence-electron chi connectivity index (χ4n) is 5.24. The maximum Gasteiger partial charge on any atom is 0.134 e. The molecule has 1 unspecified atom stereocenters. The van der Waals surface area contributed by atoms with E-state index in [4.69, 9.17) is 9.47 Å². The second kappa shape index (κ2) is 10.2. The highest BCUT2D eigenvalue weighted by molar-refractivity contribution is 5.53. The zero-order valence-corrected chi connectivity index (χ0v) is 21.1. The summed E-state index contributed by atoms with van der Waals surface area (Å²) >= 11 is 0. The molecular weight excluding hydrogens is 428 g/mol. The van der Waals surface area contributed by atoms with Gasteiger partial charge in [0.15, 0.2) is 0 Å². The Hall–Kier alpha value is -2.12. The highest BCUT2D eigenvalue weighted by Crippen LogP contribution is 2.30. The van der Waals surface area contributed by atoms with Gasteiger partial charge in [-0.05, 0) is 74.9 Å². The molecule has 0 saturated carbocycles. The molecule has 2 heterocycles. The van der Waals surface area contributed by atoms with Crippen molar-refractivity contribution < 1.29 is 19.7 Å². The summed E-state index contributed by atoms with van der Waals surface area (Å²) in [7, 11) is 0. The molecule has 2 aliphatic rings. The van der Waals surface area contributed by atoms with Crippen LogP contribution in [0.2, 0.25) is 0 Å². The normalized spacial score (nSPS) is 23.5. The molecule has 0 spiro atoms. The number of hydrogen-bond acceptors (Lipinski definition) is 6. The molecule has 0 amide bonds. The largest absolute Gasteiger partial charge is 0.490 e. The smallest absolute Gasteiger partial charge is 0.134 e. The van der Waals surface area contributed by atoms with E-state index < -0.39 is 11.2 Å². The van der Waals surface area contributed by atoms with E-state index in [-0.39, 0.29) is 13.2 Å². The Balaban J connectivity index is 1.37. The maximum atomic E-state index is 11.4. The molecule has 0 aliphatic carbocycles. The lowest BCUT2D eigenvalue weighted by molar-refractivity contribution is -0.0743. The first-order chi connectivity index (χ1) is 16.2. The van der Waals surface area contributed by atoms with Crippen LogP contribution in [-0.4, -0.2) is 78.9 Å². The van der Waals surface area contributed by atoms with Crippen molar-refractivity contribution in [3.05, 3.63) is 58.7 Å². The van der Waals surface area contributed by atoms with E-state index in [9.17, 15) is 10.2 Å². The number of β-amino-alcohol motifs (C(OH)–C–C–N with tert-alkyl or cyclic N) is 2. The van der Waals surface area contributed by atoms with E-state index in [1.165, 1.54) is 16.8 Å². The van der Waals surface area contributed by atoms with Crippen molar-refractivity contribution in [2.24, 2.45) is 0 Å². The average Bonchev–Trinajstić information content (AvgIpc) is 2.97. The SMILES string of the molecule is Cc1cc(C)c(C)c(OCC2(O)COCCN(CC3(O)CCN(c4ccccc4C)CC3)C2)c1. The number of para-hydroxylation sites is 1. The third-order valence-electron chi connectivity index (χ3n) is 7.37. The van der Waals surface area contributed by atoms with Crippen LogP contribution in [0.15, 0.2) is 36.4 Å². The molecule has 186 valence electrons. The van der Waals surface area contributed by atoms with Crippen LogP contribution >= 0.6 is 0 Å². The third kappa shape index (κ3) is 5.92. The Morgan fingerprint density at radius 1 is 0.941 bits per heavy atom. The number of nitrogens with zero attached hydrogens (tertiary/aromatic N) is 2. The van der Waals surface area contributed by atoms with E-state index in [1.54, 1.807) is 0 Å². The van der Waals surface area contributed by atoms with Crippen LogP contribution in [0.5, 0.6) is 5.75 Å². The van der Waals surface area contributed by atoms with Crippen molar-refractivity contribution in [3.63, 3.8) is 0 Å². The van der Waals surface area contributed by atoms with Crippen LogP contribution in [0.3, 0.4) is 0 Å². The van der Waals surface area contributed by atoms with Gasteiger partial charge in [0, 0.05) is 38.4 Å². The van der Waals surface area contributed by atoms with Crippen molar-refractivity contribution in [2.45, 2.75) is 51.7 Å². The van der Waals surface area contributed by atoms with Gasteiger partial charge in [0.05, 0.1) is 18.8 Å². The van der Waals surface area contributed by atoms with Gasteiger partial charge in [0.2, 0.25) is 0 Å². The van der Waals surface area contributed by atoms with E-state index in [1.807, 2.05) is 13.0 Å². The molecular formula is C28H40N2O4. The molecule has 2 N–H and O–H groups in total. The lowest BCUT2D eigenvalue weighted by Crippen LogP contribution is -2.55. The molecule has 2 aromatic carbocycles. The molecule has 0 radical (unpaired) electrons. The van der Waals surface area contributed by atoms with Crippen LogP contribution in [0.25, 0.3) is 0 Å². The number of benzene rings is 2. The van der Waals surface area contributed by atoms with E-state index in [2.05, 4.69) is 60.9 Å². The van der Waals surface area contributed by atoms with Crippen LogP contribution in [0.1, 0.15) is 35.1 Å². The Morgan fingerprint density at radius 2 is 1.68 bits per heavy atom. The number of aryl methyl sites for hydroxylation is 3. The summed E-state index contributed by atoms with van der Waals surface area (Å²) in [6, 6.07) is 12.6. The topological polar surface area (TPSA) is 65.4 Å². The van der Waals surface area contributed by atoms with Crippen LogP contribution in [0, 0.1) is 27.7 Å². The molecule has 0 bridgehead atoms. The lowest BCUT2D eigenvalue weighted by Gasteiger charge is -2.42. The van der Waals surface area contributed by atoms with Crippen LogP contribution in [0.4, 0.5) is 5.69 Å². The Bertz CT molecular complexity index is 986. The number of aliphatic hydroxyl groups is 2. The molecule has 2 saturated heterocycles. The summed E-state index contributed by atoms with van der Waals surface area (Å²) in [6.07, 6.45) is 1.41. The predicted molar refractivity (Wildman–Crippen MR) is 136 cm³/mol. The van der Waals surface area contributed by atoms with Crippen molar-refractivity contribution in [2.75, 3.05) is 57.4 Å². The zero-order valence-electron chi connectivity index (χ0n) is 21.1. The minimum Gasteiger partial charge on any atom is -0.490 e. The first-order valence-electron chi connectivity index (χ1n) is 12.4. The summed E-state index contributed by atoms with van der Waals surface area (Å²) in [4.78, 5) is 4.51. The summed E-state index contributed by atoms with van der Waals surface area (Å²) in [5.74, 6) is 0.809. The van der Waals surface area contributed by atoms with Gasteiger partial charge in [-0.15, -0.1) is 0 Å². The Kier molecular flexibility index (Phi) is 7.53. The van der Waals surface area contributed by atoms with Gasteiger partial charge in [0.1, 0.15) is 18.0 Å². The van der Waals surface area contributed by atoms with Crippen LogP contribution in [-0.2, 0) is 4.74 Å². The first kappa shape index (κ1) is 25.0. The second-order valence-corrected chi connectivity index (χ2v) is 10.5. The predicted octanol–water partition coefficient (Wildman–Crippen LogP) is 3.39. The number of rotatable bonds is 6. The van der Waals surface area contributed by atoms with E-state index in [0.717, 1.165) is 30.0 Å². The van der Waals surface area contributed by atoms with Crippen molar-refractivity contribution in [3.8, 4) is 5.75 Å². The standard InChI is InChI=1S/C28H40N2O4/c1-21-15-23(3)24(4)26(16-21)34-20-28(32)18-29(13-14-33-19-28)17-27(31)9-11-30(12-10-27)25-8-6-5-7-22(25)2/h5-8,15-16,31-32H,9-14,17-20H2,1-4H3. The fraction of sp³-hybridized carbons (Fsp3) is 0.571. The van der Waals surface area contributed by atoms with Gasteiger partial charge < -0.3 is 24.6 Å². The quantitative estimate of drug-likeness (QED) is 0.678. The average molecular weight is 469 g/mol. The van der Waals surface area contributed by atoms with Gasteiger partial charge in [-0.1, -0.05) is 24.3 Å². The molecule has 6 heteroatoms. The van der Waals surface area contributed by atoms with Gasteiger partial charge in [-0.2, -0.15) is 0 Å². The number of anilines is 1. The minimum atomic E-state index is -1.13. The van der Waals surface area contributed by atoms with Gasteiger partial charge in [-0.25, -0.2) is 0 Å². The van der Waals surface area contributed by atoms with Crippen molar-refractivity contribution in [1.29, 1.82) is 0 Å². The second-order valence-electron chi connectivity index (χ2n) is 10.5. The zero-order chi connectivity index (χ0) is 24.3. The van der Waals surface area contributed by atoms with Crippen molar-refractivity contribution >= 4 is 5.69 Å². The van der Waals surface area contributed by atoms with Gasteiger partial charge in [0.25, 0.3) is 0 Å². The minimum absolute atomic E-state index is 0.159. The number of piperidine rings is 1. The van der Waals surface area contributed by atoms with Crippen LogP contribution < -0.4 is 9.64 Å². The summed E-state index contributed by atoms with van der Waals surface area (Å²) in [6.45, 7) is 12.5. The molecule has 6 nitrogen and oxygen atoms in total. The summed E-state index contributed by atoms with van der Waals surface area (Å²) in [5.41, 5.74) is 4.04. The Labute approximate surface area is 204 Å². The molecule has 34 heavy (non-hydrogen) atoms. The molecule has 2 aromatic rings. The highest BCUT2D eigenvalue weighted by Gasteiger charge is 2.39. The lowest BCUT2D eigenvalue weighted by atomic mass is 9.89. The summed E-state index contributed by atoms with van der Waals surface area (Å²) in [5, 5.41) is 22.8. The van der Waals surface area contributed by atoms with E-state index >= 15 is 0 Å². The van der Waals surface area contributed by atoms with Crippen molar-refractivity contribution in [1.82, 2.24) is 4.90 Å².